The van der Waals surface area contributed by atoms with E-state index >= 15 is 0 Å². The molecule has 2 heterocycles. The van der Waals surface area contributed by atoms with E-state index in [1.807, 2.05) is 49.4 Å². The first-order valence-corrected chi connectivity index (χ1v) is 11.2. The quantitative estimate of drug-likeness (QED) is 0.306. The second-order valence-corrected chi connectivity index (χ2v) is 8.66. The molecule has 1 aliphatic heterocycles. The van der Waals surface area contributed by atoms with E-state index in [2.05, 4.69) is 48.6 Å². The van der Waals surface area contributed by atoms with Crippen LogP contribution in [-0.4, -0.2) is 23.9 Å². The van der Waals surface area contributed by atoms with Gasteiger partial charge in [0, 0.05) is 10.9 Å². The zero-order chi connectivity index (χ0) is 23.7. The van der Waals surface area contributed by atoms with Gasteiger partial charge in [-0.3, -0.25) is 4.79 Å². The van der Waals surface area contributed by atoms with Crippen LogP contribution in [-0.2, 0) is 0 Å². The minimum atomic E-state index is -0.296. The first-order valence-electron chi connectivity index (χ1n) is 11.2. The number of ether oxygens (including phenoxy) is 2. The van der Waals surface area contributed by atoms with Crippen molar-refractivity contribution in [2.45, 2.75) is 26.7 Å². The molecule has 0 aliphatic carbocycles. The van der Waals surface area contributed by atoms with Crippen LogP contribution in [0.3, 0.4) is 0 Å². The van der Waals surface area contributed by atoms with E-state index in [0.717, 1.165) is 33.3 Å². The van der Waals surface area contributed by atoms with Crippen molar-refractivity contribution in [1.82, 2.24) is 10.4 Å². The number of carbonyl (C=O) groups excluding carboxylic acids is 1. The third-order valence-corrected chi connectivity index (χ3v) is 5.86. The van der Waals surface area contributed by atoms with Crippen LogP contribution in [0.4, 0.5) is 0 Å². The van der Waals surface area contributed by atoms with Gasteiger partial charge in [0.2, 0.25) is 6.79 Å². The molecule has 4 aromatic rings. The minimum absolute atomic E-state index is 0.212. The van der Waals surface area contributed by atoms with Crippen molar-refractivity contribution in [2.75, 3.05) is 6.79 Å². The number of rotatable bonds is 5. The SMILES string of the molecule is Cc1ccc2nc(-c3ccc(C(C)C)cc3)cc(C(=O)NN=Cc3ccc4c(c3)OCO4)c2c1. The van der Waals surface area contributed by atoms with Crippen LogP contribution in [0.25, 0.3) is 22.2 Å². The molecule has 0 bridgehead atoms. The normalized spacial score (nSPS) is 12.6. The summed E-state index contributed by atoms with van der Waals surface area (Å²) in [6.07, 6.45) is 1.58. The monoisotopic (exact) mass is 451 g/mol. The molecule has 0 fully saturated rings. The largest absolute Gasteiger partial charge is 0.454 e. The molecular formula is C28H25N3O3. The summed E-state index contributed by atoms with van der Waals surface area (Å²) in [5.74, 6) is 1.52. The number of pyridine rings is 1. The van der Waals surface area contributed by atoms with E-state index < -0.39 is 0 Å². The van der Waals surface area contributed by atoms with Crippen molar-refractivity contribution in [1.29, 1.82) is 0 Å². The van der Waals surface area contributed by atoms with Gasteiger partial charge in [0.05, 0.1) is 23.0 Å². The number of amides is 1. The third kappa shape index (κ3) is 4.35. The van der Waals surface area contributed by atoms with Gasteiger partial charge >= 0.3 is 0 Å². The molecule has 1 N–H and O–H groups in total. The molecule has 3 aromatic carbocycles. The topological polar surface area (TPSA) is 72.8 Å². The van der Waals surface area contributed by atoms with Crippen LogP contribution in [0.2, 0.25) is 0 Å². The van der Waals surface area contributed by atoms with Gasteiger partial charge in [-0.2, -0.15) is 5.10 Å². The second kappa shape index (κ2) is 8.98. The number of nitrogens with one attached hydrogen (secondary N) is 1. The fraction of sp³-hybridized carbons (Fsp3) is 0.179. The Labute approximate surface area is 198 Å². The summed E-state index contributed by atoms with van der Waals surface area (Å²) < 4.78 is 10.7. The summed E-state index contributed by atoms with van der Waals surface area (Å²) in [5, 5.41) is 4.95. The molecule has 1 aliphatic rings. The average molecular weight is 452 g/mol. The number of benzene rings is 3. The van der Waals surface area contributed by atoms with E-state index in [1.165, 1.54) is 5.56 Å². The molecule has 6 nitrogen and oxygen atoms in total. The number of fused-ring (bicyclic) bond motifs is 2. The average Bonchev–Trinajstić information content (AvgIpc) is 3.31. The molecule has 1 amide bonds. The number of hydrogen-bond acceptors (Lipinski definition) is 5. The van der Waals surface area contributed by atoms with Gasteiger partial charge in [0.15, 0.2) is 11.5 Å². The summed E-state index contributed by atoms with van der Waals surface area (Å²) >= 11 is 0. The number of aryl methyl sites for hydroxylation is 1. The van der Waals surface area contributed by atoms with Gasteiger partial charge in [-0.25, -0.2) is 10.4 Å². The van der Waals surface area contributed by atoms with E-state index in [4.69, 9.17) is 14.5 Å². The van der Waals surface area contributed by atoms with Crippen LogP contribution in [0.15, 0.2) is 71.8 Å². The Morgan fingerprint density at radius 3 is 2.59 bits per heavy atom. The van der Waals surface area contributed by atoms with E-state index in [1.54, 1.807) is 6.21 Å². The van der Waals surface area contributed by atoms with Crippen LogP contribution in [0, 0.1) is 6.92 Å². The summed E-state index contributed by atoms with van der Waals surface area (Å²) in [5.41, 5.74) is 8.78. The second-order valence-electron chi connectivity index (χ2n) is 8.66. The Morgan fingerprint density at radius 2 is 1.79 bits per heavy atom. The Hall–Kier alpha value is -4.19. The maximum absolute atomic E-state index is 13.2. The van der Waals surface area contributed by atoms with Gasteiger partial charge in [-0.05, 0) is 60.4 Å². The molecule has 0 unspecified atom stereocenters. The fourth-order valence-corrected chi connectivity index (χ4v) is 3.93. The summed E-state index contributed by atoms with van der Waals surface area (Å²) in [7, 11) is 0. The van der Waals surface area contributed by atoms with Crippen molar-refractivity contribution >= 4 is 23.0 Å². The molecule has 0 spiro atoms. The van der Waals surface area contributed by atoms with E-state index in [9.17, 15) is 4.79 Å². The lowest BCUT2D eigenvalue weighted by Crippen LogP contribution is -2.18. The predicted octanol–water partition coefficient (Wildman–Crippen LogP) is 5.83. The fourth-order valence-electron chi connectivity index (χ4n) is 3.93. The molecule has 0 atom stereocenters. The maximum atomic E-state index is 13.2. The standard InChI is InChI=1S/C28H25N3O3/c1-17(2)20-6-8-21(9-7-20)25-14-23(22-12-18(3)4-10-24(22)30-25)28(32)31-29-15-19-5-11-26-27(13-19)34-16-33-26/h4-15,17H,16H2,1-3H3,(H,31,32). The lowest BCUT2D eigenvalue weighted by molar-refractivity contribution is 0.0956. The molecule has 0 radical (unpaired) electrons. The molecule has 5 rings (SSSR count). The number of aromatic nitrogens is 1. The first-order chi connectivity index (χ1) is 16.5. The molecule has 170 valence electrons. The number of carbonyl (C=O) groups is 1. The first kappa shape index (κ1) is 21.6. The smallest absolute Gasteiger partial charge is 0.272 e. The lowest BCUT2D eigenvalue weighted by atomic mass is 9.99. The highest BCUT2D eigenvalue weighted by atomic mass is 16.7. The summed E-state index contributed by atoms with van der Waals surface area (Å²) in [6.45, 7) is 6.54. The Kier molecular flexibility index (Phi) is 5.72. The lowest BCUT2D eigenvalue weighted by Gasteiger charge is -2.11. The van der Waals surface area contributed by atoms with Crippen molar-refractivity contribution in [3.63, 3.8) is 0 Å². The van der Waals surface area contributed by atoms with Gasteiger partial charge in [0.25, 0.3) is 5.91 Å². The molecule has 6 heteroatoms. The van der Waals surface area contributed by atoms with Crippen LogP contribution in [0.1, 0.15) is 46.8 Å². The molecule has 0 saturated carbocycles. The number of nitrogens with zero attached hydrogens (tertiary/aromatic N) is 2. The van der Waals surface area contributed by atoms with E-state index in [0.29, 0.717) is 23.0 Å². The van der Waals surface area contributed by atoms with Crippen molar-refractivity contribution in [3.05, 3.63) is 89.0 Å². The Morgan fingerprint density at radius 1 is 1.00 bits per heavy atom. The van der Waals surface area contributed by atoms with Crippen LogP contribution < -0.4 is 14.9 Å². The van der Waals surface area contributed by atoms with Gasteiger partial charge in [-0.15, -0.1) is 0 Å². The van der Waals surface area contributed by atoms with Crippen molar-refractivity contribution < 1.29 is 14.3 Å². The third-order valence-electron chi connectivity index (χ3n) is 5.86. The van der Waals surface area contributed by atoms with E-state index in [-0.39, 0.29) is 12.7 Å². The maximum Gasteiger partial charge on any atom is 0.272 e. The van der Waals surface area contributed by atoms with Crippen LogP contribution in [0.5, 0.6) is 11.5 Å². The summed E-state index contributed by atoms with van der Waals surface area (Å²) in [6, 6.07) is 21.6. The predicted molar refractivity (Wildman–Crippen MR) is 134 cm³/mol. The Bertz CT molecular complexity index is 1410. The highest BCUT2D eigenvalue weighted by Gasteiger charge is 2.15. The van der Waals surface area contributed by atoms with Gasteiger partial charge < -0.3 is 9.47 Å². The molecular weight excluding hydrogens is 426 g/mol. The zero-order valence-electron chi connectivity index (χ0n) is 19.3. The number of hydrazone groups is 1. The van der Waals surface area contributed by atoms with Crippen molar-refractivity contribution in [3.8, 4) is 22.8 Å². The van der Waals surface area contributed by atoms with Gasteiger partial charge in [0.1, 0.15) is 0 Å². The Balaban J connectivity index is 1.45. The minimum Gasteiger partial charge on any atom is -0.454 e. The van der Waals surface area contributed by atoms with Crippen molar-refractivity contribution in [2.24, 2.45) is 5.10 Å². The molecule has 34 heavy (non-hydrogen) atoms. The molecule has 1 aromatic heterocycles. The highest BCUT2D eigenvalue weighted by molar-refractivity contribution is 6.07. The summed E-state index contributed by atoms with van der Waals surface area (Å²) in [4.78, 5) is 18.0. The van der Waals surface area contributed by atoms with Crippen LogP contribution >= 0.6 is 0 Å². The molecule has 0 saturated heterocycles. The zero-order valence-corrected chi connectivity index (χ0v) is 19.3. The highest BCUT2D eigenvalue weighted by Crippen LogP contribution is 2.32. The number of hydrogen-bond donors (Lipinski definition) is 1. The van der Waals surface area contributed by atoms with Gasteiger partial charge in [-0.1, -0.05) is 49.7 Å².